The predicted molar refractivity (Wildman–Crippen MR) is 82.1 cm³/mol. The van der Waals surface area contributed by atoms with E-state index in [9.17, 15) is 0 Å². The van der Waals surface area contributed by atoms with Crippen molar-refractivity contribution in [3.8, 4) is 0 Å². The molecule has 2 N–H and O–H groups in total. The van der Waals surface area contributed by atoms with E-state index in [-0.39, 0.29) is 11.5 Å². The van der Waals surface area contributed by atoms with Crippen molar-refractivity contribution in [2.75, 3.05) is 30.3 Å². The lowest BCUT2D eigenvalue weighted by Crippen LogP contribution is -2.32. The highest BCUT2D eigenvalue weighted by molar-refractivity contribution is 5.57. The van der Waals surface area contributed by atoms with E-state index in [0.717, 1.165) is 43.3 Å². The molecule has 1 aliphatic rings. The van der Waals surface area contributed by atoms with Crippen molar-refractivity contribution in [3.63, 3.8) is 0 Å². The summed E-state index contributed by atoms with van der Waals surface area (Å²) in [6.07, 6.45) is 1.23. The highest BCUT2D eigenvalue weighted by Gasteiger charge is 2.24. The maximum absolute atomic E-state index is 6.09. The van der Waals surface area contributed by atoms with Gasteiger partial charge >= 0.3 is 0 Å². The monoisotopic (exact) mass is 278 g/mol. The van der Waals surface area contributed by atoms with Crippen LogP contribution in [0.5, 0.6) is 0 Å². The fourth-order valence-corrected chi connectivity index (χ4v) is 2.35. The van der Waals surface area contributed by atoms with E-state index >= 15 is 0 Å². The van der Waals surface area contributed by atoms with Gasteiger partial charge in [0.1, 0.15) is 17.5 Å². The standard InChI is InChI=1S/C15H26N4O/c1-10-9-19(7-6-8-20-10)13-11(2)12(16)17-14(18-13)15(3,4)5/h10H,6-9H2,1-5H3,(H2,16,17,18). The molecule has 0 aromatic carbocycles. The number of nitrogens with two attached hydrogens (primary N) is 1. The van der Waals surface area contributed by atoms with Gasteiger partial charge in [0, 0.05) is 30.7 Å². The predicted octanol–water partition coefficient (Wildman–Crippen LogP) is 2.28. The molecule has 0 amide bonds. The Morgan fingerprint density at radius 1 is 1.30 bits per heavy atom. The van der Waals surface area contributed by atoms with Crippen LogP contribution in [0.25, 0.3) is 0 Å². The Hall–Kier alpha value is -1.36. The summed E-state index contributed by atoms with van der Waals surface area (Å²) in [4.78, 5) is 11.5. The van der Waals surface area contributed by atoms with Crippen LogP contribution < -0.4 is 10.6 Å². The molecule has 0 bridgehead atoms. The molecule has 112 valence electrons. The molecule has 1 fully saturated rings. The highest BCUT2D eigenvalue weighted by atomic mass is 16.5. The normalized spacial score (nSPS) is 20.9. The minimum absolute atomic E-state index is 0.107. The number of anilines is 2. The molecule has 0 aliphatic carbocycles. The molecule has 1 atom stereocenters. The number of aromatic nitrogens is 2. The van der Waals surface area contributed by atoms with Crippen molar-refractivity contribution in [1.82, 2.24) is 9.97 Å². The van der Waals surface area contributed by atoms with Crippen molar-refractivity contribution >= 4 is 11.6 Å². The number of nitrogens with zero attached hydrogens (tertiary/aromatic N) is 3. The second-order valence-electron chi connectivity index (χ2n) is 6.61. The molecular formula is C15H26N4O. The summed E-state index contributed by atoms with van der Waals surface area (Å²) in [5.74, 6) is 2.34. The number of hydrogen-bond acceptors (Lipinski definition) is 5. The van der Waals surface area contributed by atoms with Crippen molar-refractivity contribution in [2.24, 2.45) is 0 Å². The number of nitrogen functional groups attached to an aromatic ring is 1. The smallest absolute Gasteiger partial charge is 0.138 e. The fourth-order valence-electron chi connectivity index (χ4n) is 2.35. The van der Waals surface area contributed by atoms with E-state index in [1.54, 1.807) is 0 Å². The Morgan fingerprint density at radius 2 is 2.00 bits per heavy atom. The molecule has 1 aliphatic heterocycles. The van der Waals surface area contributed by atoms with Gasteiger partial charge in [0.25, 0.3) is 0 Å². The summed E-state index contributed by atoms with van der Waals surface area (Å²) in [5, 5.41) is 0. The third-order valence-corrected chi connectivity index (χ3v) is 3.58. The van der Waals surface area contributed by atoms with Crippen molar-refractivity contribution in [2.45, 2.75) is 52.6 Å². The molecule has 0 spiro atoms. The van der Waals surface area contributed by atoms with Crippen LogP contribution >= 0.6 is 0 Å². The Kier molecular flexibility index (Phi) is 4.18. The van der Waals surface area contributed by atoms with Gasteiger partial charge in [0.2, 0.25) is 0 Å². The van der Waals surface area contributed by atoms with Gasteiger partial charge in [-0.15, -0.1) is 0 Å². The first-order chi connectivity index (χ1) is 9.29. The number of rotatable bonds is 1. The molecule has 2 rings (SSSR count). The van der Waals surface area contributed by atoms with Gasteiger partial charge in [0.15, 0.2) is 0 Å². The lowest BCUT2D eigenvalue weighted by atomic mass is 9.95. The first-order valence-electron chi connectivity index (χ1n) is 7.30. The van der Waals surface area contributed by atoms with E-state index < -0.39 is 0 Å². The summed E-state index contributed by atoms with van der Waals surface area (Å²) in [6, 6.07) is 0. The van der Waals surface area contributed by atoms with Crippen molar-refractivity contribution < 1.29 is 4.74 Å². The molecule has 0 saturated carbocycles. The van der Waals surface area contributed by atoms with Crippen LogP contribution in [0.1, 0.15) is 45.5 Å². The highest BCUT2D eigenvalue weighted by Crippen LogP contribution is 2.28. The van der Waals surface area contributed by atoms with Gasteiger partial charge in [-0.05, 0) is 20.3 Å². The van der Waals surface area contributed by atoms with Gasteiger partial charge in [-0.3, -0.25) is 0 Å². The largest absolute Gasteiger partial charge is 0.383 e. The average molecular weight is 278 g/mol. The maximum Gasteiger partial charge on any atom is 0.138 e. The molecule has 1 aromatic rings. The summed E-state index contributed by atoms with van der Waals surface area (Å²) < 4.78 is 5.71. The first kappa shape index (κ1) is 15.0. The quantitative estimate of drug-likeness (QED) is 0.854. The Balaban J connectivity index is 2.41. The zero-order valence-corrected chi connectivity index (χ0v) is 13.2. The van der Waals surface area contributed by atoms with Gasteiger partial charge in [-0.2, -0.15) is 0 Å². The van der Waals surface area contributed by atoms with Gasteiger partial charge < -0.3 is 15.4 Å². The van der Waals surface area contributed by atoms with Crippen LogP contribution in [-0.4, -0.2) is 35.8 Å². The molecule has 5 heteroatoms. The van der Waals surface area contributed by atoms with Crippen LogP contribution in [-0.2, 0) is 10.2 Å². The molecule has 1 unspecified atom stereocenters. The van der Waals surface area contributed by atoms with E-state index in [4.69, 9.17) is 15.5 Å². The van der Waals surface area contributed by atoms with Crippen LogP contribution in [0.3, 0.4) is 0 Å². The second kappa shape index (κ2) is 5.56. The first-order valence-corrected chi connectivity index (χ1v) is 7.30. The molecular weight excluding hydrogens is 252 g/mol. The number of hydrogen-bond donors (Lipinski definition) is 1. The van der Waals surface area contributed by atoms with Gasteiger partial charge in [-0.1, -0.05) is 20.8 Å². The van der Waals surface area contributed by atoms with Crippen LogP contribution in [0.2, 0.25) is 0 Å². The summed E-state index contributed by atoms with van der Waals surface area (Å²) in [7, 11) is 0. The summed E-state index contributed by atoms with van der Waals surface area (Å²) in [6.45, 7) is 13.0. The average Bonchev–Trinajstić information content (AvgIpc) is 2.55. The third-order valence-electron chi connectivity index (χ3n) is 3.58. The fraction of sp³-hybridized carbons (Fsp3) is 0.733. The minimum Gasteiger partial charge on any atom is -0.383 e. The lowest BCUT2D eigenvalue weighted by molar-refractivity contribution is 0.0820. The Morgan fingerprint density at radius 3 is 2.65 bits per heavy atom. The van der Waals surface area contributed by atoms with Crippen molar-refractivity contribution in [1.29, 1.82) is 0 Å². The Labute approximate surface area is 121 Å². The SMILES string of the molecule is Cc1c(N)nc(C(C)(C)C)nc1N1CCCOC(C)C1. The molecule has 5 nitrogen and oxygen atoms in total. The zero-order chi connectivity index (χ0) is 14.9. The van der Waals surface area contributed by atoms with Crippen LogP contribution in [0.4, 0.5) is 11.6 Å². The molecule has 1 saturated heterocycles. The van der Waals surface area contributed by atoms with E-state index in [2.05, 4.69) is 37.6 Å². The molecule has 2 heterocycles. The molecule has 0 radical (unpaired) electrons. The van der Waals surface area contributed by atoms with E-state index in [0.29, 0.717) is 5.82 Å². The zero-order valence-electron chi connectivity index (χ0n) is 13.2. The third kappa shape index (κ3) is 3.20. The number of ether oxygens (including phenoxy) is 1. The molecule has 20 heavy (non-hydrogen) atoms. The van der Waals surface area contributed by atoms with Crippen LogP contribution in [0, 0.1) is 6.92 Å². The Bertz CT molecular complexity index is 481. The van der Waals surface area contributed by atoms with E-state index in [1.165, 1.54) is 0 Å². The summed E-state index contributed by atoms with van der Waals surface area (Å²) in [5.41, 5.74) is 6.95. The second-order valence-corrected chi connectivity index (χ2v) is 6.61. The van der Waals surface area contributed by atoms with E-state index in [1.807, 2.05) is 6.92 Å². The topological polar surface area (TPSA) is 64.3 Å². The summed E-state index contributed by atoms with van der Waals surface area (Å²) >= 11 is 0. The van der Waals surface area contributed by atoms with Gasteiger partial charge in [-0.25, -0.2) is 9.97 Å². The minimum atomic E-state index is -0.107. The lowest BCUT2D eigenvalue weighted by Gasteiger charge is -2.27. The maximum atomic E-state index is 6.09. The van der Waals surface area contributed by atoms with Gasteiger partial charge in [0.05, 0.1) is 6.10 Å². The molecule has 1 aromatic heterocycles. The van der Waals surface area contributed by atoms with Crippen molar-refractivity contribution in [3.05, 3.63) is 11.4 Å². The van der Waals surface area contributed by atoms with Crippen LogP contribution in [0.15, 0.2) is 0 Å².